The zero-order valence-electron chi connectivity index (χ0n) is 19.7. The van der Waals surface area contributed by atoms with Gasteiger partial charge in [0.25, 0.3) is 11.8 Å². The van der Waals surface area contributed by atoms with Gasteiger partial charge in [-0.25, -0.2) is 18.5 Å². The van der Waals surface area contributed by atoms with Crippen molar-refractivity contribution >= 4 is 38.4 Å². The van der Waals surface area contributed by atoms with Gasteiger partial charge in [-0.05, 0) is 36.2 Å². The van der Waals surface area contributed by atoms with Crippen molar-refractivity contribution in [3.63, 3.8) is 0 Å². The number of carbonyl (C=O) groups excluding carboxylic acids is 2. The second-order valence-corrected chi connectivity index (χ2v) is 10.1. The molecule has 0 unspecified atom stereocenters. The molecule has 0 bridgehead atoms. The molecule has 1 aromatic heterocycles. The number of primary sulfonamides is 1. The summed E-state index contributed by atoms with van der Waals surface area (Å²) in [4.78, 5) is 31.5. The first-order valence-corrected chi connectivity index (χ1v) is 12.5. The number of aryl methyl sites for hydroxylation is 1. The number of fused-ring (bicyclic) bond motifs is 2. The highest BCUT2D eigenvalue weighted by Crippen LogP contribution is 2.46. The topological polar surface area (TPSA) is 129 Å². The molecule has 2 heterocycles. The Morgan fingerprint density at radius 3 is 2.03 bits per heavy atom. The van der Waals surface area contributed by atoms with Gasteiger partial charge in [-0.1, -0.05) is 12.1 Å². The molecule has 0 atom stereocenters. The van der Waals surface area contributed by atoms with Crippen LogP contribution in [0.5, 0.6) is 11.5 Å². The fourth-order valence-corrected chi connectivity index (χ4v) is 4.73. The number of amides is 2. The third kappa shape index (κ3) is 5.90. The van der Waals surface area contributed by atoms with Crippen LogP contribution in [-0.2, 0) is 15.8 Å². The highest BCUT2D eigenvalue weighted by atomic mass is 32.2. The first kappa shape index (κ1) is 28.1. The van der Waals surface area contributed by atoms with E-state index in [2.05, 4.69) is 4.98 Å². The summed E-state index contributed by atoms with van der Waals surface area (Å²) in [6.45, 7) is -2.36. The molecule has 9 nitrogen and oxygen atoms in total. The second kappa shape index (κ2) is 9.68. The fraction of sp³-hybridized carbons (Fsp3) is 0.261. The van der Waals surface area contributed by atoms with Crippen LogP contribution in [0.4, 0.5) is 32.0 Å². The normalized spacial score (nSPS) is 14.2. The summed E-state index contributed by atoms with van der Waals surface area (Å²) in [7, 11) is -3.93. The van der Waals surface area contributed by atoms with Crippen molar-refractivity contribution in [1.29, 1.82) is 0 Å². The number of aromatic nitrogens is 1. The van der Waals surface area contributed by atoms with Crippen LogP contribution < -0.4 is 19.5 Å². The summed E-state index contributed by atoms with van der Waals surface area (Å²) in [6, 6.07) is 6.15. The first-order chi connectivity index (χ1) is 18.0. The zero-order chi connectivity index (χ0) is 28.9. The number of carbonyl (C=O) groups is 2. The third-order valence-corrected chi connectivity index (χ3v) is 6.17. The molecule has 0 saturated heterocycles. The third-order valence-electron chi connectivity index (χ3n) is 5.44. The Morgan fingerprint density at radius 2 is 1.49 bits per heavy atom. The predicted molar refractivity (Wildman–Crippen MR) is 124 cm³/mol. The van der Waals surface area contributed by atoms with Gasteiger partial charge in [0.1, 0.15) is 16.8 Å². The number of halogens is 6. The van der Waals surface area contributed by atoms with Gasteiger partial charge in [-0.2, -0.15) is 26.3 Å². The van der Waals surface area contributed by atoms with E-state index in [1.54, 1.807) is 0 Å². The van der Waals surface area contributed by atoms with E-state index in [1.165, 1.54) is 31.2 Å². The maximum Gasteiger partial charge on any atom is 0.422 e. The number of nitrogens with two attached hydrogens (primary N) is 1. The van der Waals surface area contributed by atoms with E-state index in [1.807, 2.05) is 0 Å². The maximum absolute atomic E-state index is 13.5. The number of pyridine rings is 1. The van der Waals surface area contributed by atoms with Gasteiger partial charge in [0.2, 0.25) is 10.0 Å². The molecule has 0 aliphatic carbocycles. The Balaban J connectivity index is 1.93. The van der Waals surface area contributed by atoms with Crippen LogP contribution in [0.2, 0.25) is 0 Å². The number of imide groups is 1. The summed E-state index contributed by atoms with van der Waals surface area (Å²) in [6.07, 6.45) is -8.63. The minimum Gasteiger partial charge on any atom is -0.483 e. The molecular formula is C23H17F6N3O6S. The van der Waals surface area contributed by atoms with E-state index >= 15 is 0 Å². The largest absolute Gasteiger partial charge is 0.483 e. The lowest BCUT2D eigenvalue weighted by Crippen LogP contribution is -2.30. The maximum atomic E-state index is 13.5. The lowest BCUT2D eigenvalue weighted by Gasteiger charge is -2.18. The Kier molecular flexibility index (Phi) is 6.97. The molecule has 2 N–H and O–H groups in total. The van der Waals surface area contributed by atoms with Crippen molar-refractivity contribution in [3.8, 4) is 11.5 Å². The summed E-state index contributed by atoms with van der Waals surface area (Å²) >= 11 is 0. The van der Waals surface area contributed by atoms with Gasteiger partial charge >= 0.3 is 12.4 Å². The van der Waals surface area contributed by atoms with Gasteiger partial charge < -0.3 is 9.47 Å². The van der Waals surface area contributed by atoms with Crippen molar-refractivity contribution < 1.29 is 53.8 Å². The second-order valence-electron chi connectivity index (χ2n) is 8.49. The number of rotatable bonds is 7. The standard InChI is InChI=1S/C23H17F6N3O6S/c1-11-7-12(8-39(30,35)36)4-5-14(11)32-20(33)15-16(21(32)34)19(38-10-23(27,28)29)17-13(3-2-6-31-17)18(15)37-9-22(24,25)26/h2-7H,8-10H2,1H3,(H2,30,35,36). The molecule has 208 valence electrons. The van der Waals surface area contributed by atoms with Crippen molar-refractivity contribution in [2.24, 2.45) is 5.14 Å². The van der Waals surface area contributed by atoms with Gasteiger partial charge in [-0.3, -0.25) is 14.6 Å². The van der Waals surface area contributed by atoms with E-state index in [-0.39, 0.29) is 22.2 Å². The van der Waals surface area contributed by atoms with Crippen LogP contribution in [0.25, 0.3) is 10.9 Å². The quantitative estimate of drug-likeness (QED) is 0.332. The van der Waals surface area contributed by atoms with Crippen molar-refractivity contribution in [3.05, 3.63) is 58.8 Å². The van der Waals surface area contributed by atoms with Gasteiger partial charge in [-0.15, -0.1) is 0 Å². The zero-order valence-corrected chi connectivity index (χ0v) is 20.5. The van der Waals surface area contributed by atoms with Crippen LogP contribution in [0.3, 0.4) is 0 Å². The average Bonchev–Trinajstić information content (AvgIpc) is 3.04. The molecule has 4 rings (SSSR count). The number of nitrogens with zero attached hydrogens (tertiary/aromatic N) is 2. The van der Waals surface area contributed by atoms with Crippen LogP contribution in [-0.4, -0.2) is 50.8 Å². The molecule has 1 aliphatic rings. The lowest BCUT2D eigenvalue weighted by atomic mass is 10.0. The minimum atomic E-state index is -4.87. The van der Waals surface area contributed by atoms with Gasteiger partial charge in [0.05, 0.1) is 17.0 Å². The molecule has 2 aromatic carbocycles. The first-order valence-electron chi connectivity index (χ1n) is 10.8. The van der Waals surface area contributed by atoms with E-state index in [0.717, 1.165) is 12.3 Å². The molecule has 0 fully saturated rings. The Morgan fingerprint density at radius 1 is 0.923 bits per heavy atom. The number of ether oxygens (including phenoxy) is 2. The van der Waals surface area contributed by atoms with E-state index in [0.29, 0.717) is 4.90 Å². The Labute approximate surface area is 216 Å². The van der Waals surface area contributed by atoms with E-state index in [4.69, 9.17) is 14.6 Å². The fourth-order valence-electron chi connectivity index (χ4n) is 4.08. The molecule has 0 spiro atoms. The molecule has 0 saturated carbocycles. The summed E-state index contributed by atoms with van der Waals surface area (Å²) in [5.41, 5.74) is -1.66. The molecule has 39 heavy (non-hydrogen) atoms. The predicted octanol–water partition coefficient (Wildman–Crippen LogP) is 4.01. The van der Waals surface area contributed by atoms with Gasteiger partial charge in [0, 0.05) is 11.6 Å². The smallest absolute Gasteiger partial charge is 0.422 e. The number of sulfonamides is 1. The van der Waals surface area contributed by atoms with Crippen LogP contribution in [0.15, 0.2) is 36.5 Å². The number of hydrogen-bond donors (Lipinski definition) is 1. The SMILES string of the molecule is Cc1cc(CS(N)(=O)=O)ccc1N1C(=O)c2c(c(OCC(F)(F)F)c3ncccc3c2OCC(F)(F)F)C1=O. The van der Waals surface area contributed by atoms with Gasteiger partial charge in [0.15, 0.2) is 19.0 Å². The van der Waals surface area contributed by atoms with Crippen LogP contribution in [0.1, 0.15) is 31.8 Å². The summed E-state index contributed by atoms with van der Waals surface area (Å²) < 4.78 is 111. The Hall–Kier alpha value is -3.92. The van der Waals surface area contributed by atoms with Crippen LogP contribution in [0, 0.1) is 6.92 Å². The monoisotopic (exact) mass is 577 g/mol. The number of anilines is 1. The molecular weight excluding hydrogens is 560 g/mol. The van der Waals surface area contributed by atoms with E-state index in [9.17, 15) is 44.3 Å². The molecule has 16 heteroatoms. The molecule has 3 aromatic rings. The Bertz CT molecular complexity index is 1530. The molecule has 1 aliphatic heterocycles. The minimum absolute atomic E-state index is 0.111. The number of benzene rings is 2. The van der Waals surface area contributed by atoms with Crippen molar-refractivity contribution in [1.82, 2.24) is 4.98 Å². The molecule has 0 radical (unpaired) electrons. The van der Waals surface area contributed by atoms with Crippen molar-refractivity contribution in [2.75, 3.05) is 18.1 Å². The number of hydrogen-bond acceptors (Lipinski definition) is 7. The summed E-state index contributed by atoms with van der Waals surface area (Å²) in [5, 5.41) is 4.75. The number of alkyl halides is 6. The van der Waals surface area contributed by atoms with Crippen molar-refractivity contribution in [2.45, 2.75) is 25.0 Å². The summed E-state index contributed by atoms with van der Waals surface area (Å²) in [5.74, 6) is -4.45. The lowest BCUT2D eigenvalue weighted by molar-refractivity contribution is -0.154. The highest BCUT2D eigenvalue weighted by molar-refractivity contribution is 7.88. The highest BCUT2D eigenvalue weighted by Gasteiger charge is 2.45. The van der Waals surface area contributed by atoms with Crippen LogP contribution >= 0.6 is 0 Å². The average molecular weight is 577 g/mol. The van der Waals surface area contributed by atoms with E-state index < -0.39 is 81.3 Å². The molecule has 2 amide bonds.